The highest BCUT2D eigenvalue weighted by Crippen LogP contribution is 2.68. The van der Waals surface area contributed by atoms with Crippen molar-refractivity contribution in [3.8, 4) is 0 Å². The van der Waals surface area contributed by atoms with E-state index >= 15 is 0 Å². The molecule has 4 fully saturated rings. The van der Waals surface area contributed by atoms with Gasteiger partial charge in [0.05, 0.1) is 24.9 Å². The Morgan fingerprint density at radius 2 is 1.84 bits per heavy atom. The van der Waals surface area contributed by atoms with Gasteiger partial charge in [-0.05, 0) is 81.5 Å². The molecule has 0 aromatic heterocycles. The van der Waals surface area contributed by atoms with E-state index in [1.165, 1.54) is 57.8 Å². The number of hydrogen-bond donors (Lipinski definition) is 0. The molecule has 7 atom stereocenters. The Bertz CT molecular complexity index is 583. The molecule has 5 rings (SSSR count). The van der Waals surface area contributed by atoms with Crippen LogP contribution in [0, 0.1) is 28.6 Å². The minimum Gasteiger partial charge on any atom is -0.373 e. The lowest BCUT2D eigenvalue weighted by Gasteiger charge is -2.60. The Labute approximate surface area is 153 Å². The van der Waals surface area contributed by atoms with Crippen molar-refractivity contribution in [3.05, 3.63) is 11.6 Å². The van der Waals surface area contributed by atoms with Crippen LogP contribution >= 0.6 is 0 Å². The fourth-order valence-corrected chi connectivity index (χ4v) is 8.34. The van der Waals surface area contributed by atoms with Crippen LogP contribution in [0.25, 0.3) is 0 Å². The quantitative estimate of drug-likeness (QED) is 0.539. The van der Waals surface area contributed by atoms with Crippen molar-refractivity contribution in [3.63, 3.8) is 0 Å². The van der Waals surface area contributed by atoms with Crippen molar-refractivity contribution < 1.29 is 9.47 Å². The van der Waals surface area contributed by atoms with Crippen LogP contribution in [-0.2, 0) is 9.47 Å². The summed E-state index contributed by atoms with van der Waals surface area (Å²) >= 11 is 0. The minimum atomic E-state index is -0.0155. The topological polar surface area (TPSA) is 18.5 Å². The molecule has 0 radical (unpaired) electrons. The third-order valence-corrected chi connectivity index (χ3v) is 9.67. The van der Waals surface area contributed by atoms with Gasteiger partial charge in [0.25, 0.3) is 0 Å². The highest BCUT2D eigenvalue weighted by atomic mass is 16.6. The largest absolute Gasteiger partial charge is 0.373 e. The molecule has 2 nitrogen and oxygen atoms in total. The van der Waals surface area contributed by atoms with E-state index in [4.69, 9.17) is 9.47 Å². The van der Waals surface area contributed by atoms with Gasteiger partial charge in [-0.2, -0.15) is 0 Å². The molecule has 1 saturated heterocycles. The van der Waals surface area contributed by atoms with Crippen LogP contribution in [0.15, 0.2) is 11.6 Å². The van der Waals surface area contributed by atoms with E-state index in [-0.39, 0.29) is 11.7 Å². The molecule has 0 bridgehead atoms. The molecule has 0 N–H and O–H groups in total. The third-order valence-electron chi connectivity index (χ3n) is 9.67. The van der Waals surface area contributed by atoms with E-state index in [1.807, 2.05) is 5.57 Å². The first-order valence-electron chi connectivity index (χ1n) is 11.0. The molecule has 4 aliphatic carbocycles. The molecule has 0 aromatic carbocycles. The average molecular weight is 345 g/mol. The van der Waals surface area contributed by atoms with E-state index in [0.717, 1.165) is 31.0 Å². The first-order chi connectivity index (χ1) is 12.0. The van der Waals surface area contributed by atoms with Gasteiger partial charge >= 0.3 is 0 Å². The van der Waals surface area contributed by atoms with Crippen LogP contribution < -0.4 is 0 Å². The van der Waals surface area contributed by atoms with Crippen LogP contribution in [0.1, 0.15) is 78.6 Å². The van der Waals surface area contributed by atoms with Gasteiger partial charge in [-0.25, -0.2) is 0 Å². The zero-order chi connectivity index (χ0) is 17.3. The predicted molar refractivity (Wildman–Crippen MR) is 100 cm³/mol. The summed E-state index contributed by atoms with van der Waals surface area (Å²) < 4.78 is 12.7. The normalized spacial score (nSPS) is 55.2. The Kier molecular flexibility index (Phi) is 3.75. The van der Waals surface area contributed by atoms with Gasteiger partial charge in [0.1, 0.15) is 0 Å². The second-order valence-corrected chi connectivity index (χ2v) is 10.2. The lowest BCUT2D eigenvalue weighted by atomic mass is 9.47. The van der Waals surface area contributed by atoms with Crippen LogP contribution in [-0.4, -0.2) is 24.9 Å². The lowest BCUT2D eigenvalue weighted by Crippen LogP contribution is -2.61. The summed E-state index contributed by atoms with van der Waals surface area (Å²) in [6.07, 6.45) is 15.3. The number of hydrogen-bond acceptors (Lipinski definition) is 2. The van der Waals surface area contributed by atoms with Gasteiger partial charge in [-0.3, -0.25) is 0 Å². The molecule has 3 saturated carbocycles. The summed E-state index contributed by atoms with van der Waals surface area (Å²) in [5.41, 5.74) is 2.62. The highest BCUT2D eigenvalue weighted by Gasteiger charge is 2.66. The average Bonchev–Trinajstić information content (AvgIpc) is 2.90. The Hall–Kier alpha value is -0.340. The maximum Gasteiger partial charge on any atom is 0.0997 e. The van der Waals surface area contributed by atoms with E-state index in [9.17, 15) is 0 Å². The van der Waals surface area contributed by atoms with Crippen LogP contribution in [0.4, 0.5) is 0 Å². The van der Waals surface area contributed by atoms with Crippen LogP contribution in [0.5, 0.6) is 0 Å². The molecule has 0 aromatic rings. The molecule has 5 aliphatic rings. The minimum absolute atomic E-state index is 0.0155. The first-order valence-corrected chi connectivity index (χ1v) is 11.0. The van der Waals surface area contributed by atoms with Gasteiger partial charge in [0.2, 0.25) is 0 Å². The standard InChI is InChI=1S/C23H36O2/c1-16-23(25-15-14-24-16)13-10-20-18-8-7-17-6-4-5-11-21(17,2)19(18)9-12-22(20,23)3/h7,16,18-20H,4-6,8-15H2,1-3H3/t16?,18-,19+,20+,21+,22+,23+/m1/s1. The van der Waals surface area contributed by atoms with Crippen molar-refractivity contribution in [2.75, 3.05) is 13.2 Å². The summed E-state index contributed by atoms with van der Waals surface area (Å²) in [4.78, 5) is 0. The molecular weight excluding hydrogens is 308 g/mol. The predicted octanol–water partition coefficient (Wildman–Crippen LogP) is 5.51. The monoisotopic (exact) mass is 344 g/mol. The molecule has 140 valence electrons. The van der Waals surface area contributed by atoms with Gasteiger partial charge in [0.15, 0.2) is 0 Å². The summed E-state index contributed by atoms with van der Waals surface area (Å²) in [6.45, 7) is 9.03. The third kappa shape index (κ3) is 2.05. The molecule has 1 unspecified atom stereocenters. The Morgan fingerprint density at radius 1 is 1.00 bits per heavy atom. The molecule has 0 amide bonds. The zero-order valence-corrected chi connectivity index (χ0v) is 16.5. The smallest absolute Gasteiger partial charge is 0.0997 e. The number of rotatable bonds is 0. The maximum atomic E-state index is 6.58. The molecule has 2 heteroatoms. The zero-order valence-electron chi connectivity index (χ0n) is 16.5. The van der Waals surface area contributed by atoms with Crippen molar-refractivity contribution in [1.82, 2.24) is 0 Å². The molecule has 1 heterocycles. The number of ether oxygens (including phenoxy) is 2. The fourth-order valence-electron chi connectivity index (χ4n) is 8.34. The van der Waals surface area contributed by atoms with Crippen LogP contribution in [0.2, 0.25) is 0 Å². The summed E-state index contributed by atoms with van der Waals surface area (Å²) in [5, 5.41) is 0. The molecule has 1 aliphatic heterocycles. The fraction of sp³-hybridized carbons (Fsp3) is 0.913. The summed E-state index contributed by atoms with van der Waals surface area (Å²) in [5.74, 6) is 2.62. The number of allylic oxidation sites excluding steroid dienone is 2. The SMILES string of the molecule is CC1OCCO[C@@]12CC[C@H]1[C@@H]3CC=C4CCCC[C@]4(C)[C@H]3CC[C@@]12C. The van der Waals surface area contributed by atoms with Crippen molar-refractivity contribution in [1.29, 1.82) is 0 Å². The summed E-state index contributed by atoms with van der Waals surface area (Å²) in [6, 6.07) is 0. The second kappa shape index (κ2) is 5.58. The molecular formula is C23H36O2. The summed E-state index contributed by atoms with van der Waals surface area (Å²) in [7, 11) is 0. The van der Waals surface area contributed by atoms with E-state index in [2.05, 4.69) is 26.8 Å². The lowest BCUT2D eigenvalue weighted by molar-refractivity contribution is -0.252. The van der Waals surface area contributed by atoms with Crippen molar-refractivity contribution in [2.45, 2.75) is 90.3 Å². The maximum absolute atomic E-state index is 6.58. The van der Waals surface area contributed by atoms with E-state index in [0.29, 0.717) is 10.8 Å². The van der Waals surface area contributed by atoms with Gasteiger partial charge < -0.3 is 9.47 Å². The van der Waals surface area contributed by atoms with Gasteiger partial charge in [-0.15, -0.1) is 0 Å². The Balaban J connectivity index is 1.50. The second-order valence-electron chi connectivity index (χ2n) is 10.2. The number of fused-ring (bicyclic) bond motifs is 6. The van der Waals surface area contributed by atoms with Gasteiger partial charge in [0, 0.05) is 5.41 Å². The van der Waals surface area contributed by atoms with Crippen molar-refractivity contribution in [2.24, 2.45) is 28.6 Å². The molecule has 1 spiro atoms. The van der Waals surface area contributed by atoms with Crippen molar-refractivity contribution >= 4 is 0 Å². The first kappa shape index (κ1) is 16.8. The van der Waals surface area contributed by atoms with E-state index in [1.54, 1.807) is 0 Å². The van der Waals surface area contributed by atoms with Gasteiger partial charge in [-0.1, -0.05) is 31.9 Å². The Morgan fingerprint density at radius 3 is 2.68 bits per heavy atom. The van der Waals surface area contributed by atoms with E-state index < -0.39 is 0 Å². The molecule has 25 heavy (non-hydrogen) atoms. The van der Waals surface area contributed by atoms with Crippen LogP contribution in [0.3, 0.4) is 0 Å². The highest BCUT2D eigenvalue weighted by molar-refractivity contribution is 5.26.